The van der Waals surface area contributed by atoms with Gasteiger partial charge in [0.25, 0.3) is 5.91 Å². The minimum absolute atomic E-state index is 0.0283. The maximum atomic E-state index is 12.8. The zero-order chi connectivity index (χ0) is 22.5. The largest absolute Gasteiger partial charge is 0.468 e. The first kappa shape index (κ1) is 21.8. The van der Waals surface area contributed by atoms with E-state index in [1.165, 1.54) is 0 Å². The summed E-state index contributed by atoms with van der Waals surface area (Å²) in [5.41, 5.74) is 4.73. The molecule has 1 saturated carbocycles. The molecule has 0 aliphatic heterocycles. The Morgan fingerprint density at radius 2 is 1.78 bits per heavy atom. The van der Waals surface area contributed by atoms with Gasteiger partial charge in [-0.2, -0.15) is 0 Å². The van der Waals surface area contributed by atoms with Gasteiger partial charge in [-0.1, -0.05) is 24.3 Å². The molecule has 1 fully saturated rings. The molecular formula is C26H29N3O3. The molecule has 4 rings (SSSR count). The van der Waals surface area contributed by atoms with E-state index in [2.05, 4.69) is 10.6 Å². The van der Waals surface area contributed by atoms with Crippen molar-refractivity contribution in [1.82, 2.24) is 10.2 Å². The normalized spacial score (nSPS) is 13.2. The van der Waals surface area contributed by atoms with E-state index in [4.69, 9.17) is 4.42 Å². The first-order valence-corrected chi connectivity index (χ1v) is 11.0. The summed E-state index contributed by atoms with van der Waals surface area (Å²) in [6, 6.07) is 17.5. The summed E-state index contributed by atoms with van der Waals surface area (Å²) >= 11 is 0. The number of amides is 2. The highest BCUT2D eigenvalue weighted by Gasteiger charge is 2.23. The molecule has 1 heterocycles. The number of aryl methyl sites for hydroxylation is 1. The van der Waals surface area contributed by atoms with Gasteiger partial charge in [-0.25, -0.2) is 0 Å². The van der Waals surface area contributed by atoms with Crippen molar-refractivity contribution in [2.45, 2.75) is 45.8 Å². The van der Waals surface area contributed by atoms with Gasteiger partial charge < -0.3 is 15.1 Å². The second-order valence-corrected chi connectivity index (χ2v) is 8.46. The van der Waals surface area contributed by atoms with E-state index in [1.54, 1.807) is 6.26 Å². The van der Waals surface area contributed by atoms with Crippen molar-refractivity contribution in [2.75, 3.05) is 11.9 Å². The molecule has 3 aromatic rings. The molecule has 6 heteroatoms. The Hall–Kier alpha value is -3.38. The zero-order valence-electron chi connectivity index (χ0n) is 18.6. The topological polar surface area (TPSA) is 74.6 Å². The second-order valence-electron chi connectivity index (χ2n) is 8.46. The van der Waals surface area contributed by atoms with Crippen molar-refractivity contribution in [3.8, 4) is 0 Å². The SMILES string of the molecule is Cc1cccc(NC(=O)CN(Cc2ccc(C(=O)NC3CC3)cc2)Cc2ccco2)c1C. The number of rotatable bonds is 9. The van der Waals surface area contributed by atoms with Crippen LogP contribution in [-0.2, 0) is 17.9 Å². The Bertz CT molecular complexity index is 1070. The van der Waals surface area contributed by atoms with Crippen LogP contribution in [-0.4, -0.2) is 29.3 Å². The number of furan rings is 1. The fraction of sp³-hybridized carbons (Fsp3) is 0.308. The monoisotopic (exact) mass is 431 g/mol. The number of nitrogens with zero attached hydrogens (tertiary/aromatic N) is 1. The lowest BCUT2D eigenvalue weighted by Crippen LogP contribution is -2.32. The summed E-state index contributed by atoms with van der Waals surface area (Å²) in [5.74, 6) is 0.690. The summed E-state index contributed by atoms with van der Waals surface area (Å²) in [4.78, 5) is 27.1. The number of benzene rings is 2. The van der Waals surface area contributed by atoms with Crippen LogP contribution in [0.4, 0.5) is 5.69 Å². The van der Waals surface area contributed by atoms with Crippen molar-refractivity contribution in [1.29, 1.82) is 0 Å². The Kier molecular flexibility index (Phi) is 6.71. The summed E-state index contributed by atoms with van der Waals surface area (Å²) in [7, 11) is 0. The van der Waals surface area contributed by atoms with Gasteiger partial charge in [0.2, 0.25) is 5.91 Å². The third kappa shape index (κ3) is 5.86. The van der Waals surface area contributed by atoms with E-state index in [0.29, 0.717) is 24.7 Å². The van der Waals surface area contributed by atoms with Crippen LogP contribution in [0.25, 0.3) is 0 Å². The third-order valence-corrected chi connectivity index (χ3v) is 5.74. The van der Waals surface area contributed by atoms with E-state index >= 15 is 0 Å². The van der Waals surface area contributed by atoms with Crippen LogP contribution in [0.15, 0.2) is 65.3 Å². The van der Waals surface area contributed by atoms with Crippen molar-refractivity contribution in [2.24, 2.45) is 0 Å². The number of carbonyl (C=O) groups excluding carboxylic acids is 2. The van der Waals surface area contributed by atoms with Crippen molar-refractivity contribution < 1.29 is 14.0 Å². The summed E-state index contributed by atoms with van der Waals surface area (Å²) < 4.78 is 5.50. The van der Waals surface area contributed by atoms with E-state index < -0.39 is 0 Å². The van der Waals surface area contributed by atoms with E-state index in [0.717, 1.165) is 41.0 Å². The van der Waals surface area contributed by atoms with Gasteiger partial charge >= 0.3 is 0 Å². The maximum Gasteiger partial charge on any atom is 0.251 e. The lowest BCUT2D eigenvalue weighted by Gasteiger charge is -2.21. The van der Waals surface area contributed by atoms with Crippen molar-refractivity contribution >= 4 is 17.5 Å². The van der Waals surface area contributed by atoms with Gasteiger partial charge in [0.05, 0.1) is 19.4 Å². The Morgan fingerprint density at radius 3 is 2.47 bits per heavy atom. The van der Waals surface area contributed by atoms with Crippen LogP contribution in [0.2, 0.25) is 0 Å². The van der Waals surface area contributed by atoms with Crippen LogP contribution in [0.5, 0.6) is 0 Å². The molecule has 0 spiro atoms. The Morgan fingerprint density at radius 1 is 1.00 bits per heavy atom. The van der Waals surface area contributed by atoms with Crippen LogP contribution in [0.3, 0.4) is 0 Å². The molecule has 0 atom stereocenters. The van der Waals surface area contributed by atoms with Gasteiger partial charge in [-0.15, -0.1) is 0 Å². The fourth-order valence-electron chi connectivity index (χ4n) is 3.59. The molecule has 1 aromatic heterocycles. The Balaban J connectivity index is 1.42. The van der Waals surface area contributed by atoms with E-state index in [1.807, 2.05) is 73.3 Å². The summed E-state index contributed by atoms with van der Waals surface area (Å²) in [5, 5.41) is 6.03. The lowest BCUT2D eigenvalue weighted by atomic mass is 10.1. The average molecular weight is 432 g/mol. The highest BCUT2D eigenvalue weighted by atomic mass is 16.3. The number of carbonyl (C=O) groups is 2. The van der Waals surface area contributed by atoms with Gasteiger partial charge in [-0.3, -0.25) is 14.5 Å². The fourth-order valence-corrected chi connectivity index (χ4v) is 3.59. The zero-order valence-corrected chi connectivity index (χ0v) is 18.6. The van der Waals surface area contributed by atoms with Gasteiger partial charge in [-0.05, 0) is 73.7 Å². The molecule has 0 bridgehead atoms. The molecular weight excluding hydrogens is 402 g/mol. The lowest BCUT2D eigenvalue weighted by molar-refractivity contribution is -0.117. The van der Waals surface area contributed by atoms with Crippen LogP contribution in [0, 0.1) is 13.8 Å². The summed E-state index contributed by atoms with van der Waals surface area (Å²) in [6.07, 6.45) is 3.77. The smallest absolute Gasteiger partial charge is 0.251 e. The average Bonchev–Trinajstić information content (AvgIpc) is 3.43. The first-order chi connectivity index (χ1) is 15.5. The molecule has 0 saturated heterocycles. The minimum atomic E-state index is -0.0781. The third-order valence-electron chi connectivity index (χ3n) is 5.74. The number of hydrogen-bond acceptors (Lipinski definition) is 4. The van der Waals surface area contributed by atoms with Gasteiger partial charge in [0.1, 0.15) is 5.76 Å². The standard InChI is InChI=1S/C26H29N3O3/c1-18-5-3-7-24(19(18)2)28-25(30)17-29(16-23-6-4-14-32-23)15-20-8-10-21(11-9-20)26(31)27-22-12-13-22/h3-11,14,22H,12-13,15-17H2,1-2H3,(H,27,31)(H,28,30). The van der Waals surface area contributed by atoms with Crippen LogP contribution in [0.1, 0.15) is 45.7 Å². The molecule has 2 N–H and O–H groups in total. The molecule has 1 aliphatic rings. The molecule has 1 aliphatic carbocycles. The van der Waals surface area contributed by atoms with E-state index in [9.17, 15) is 9.59 Å². The molecule has 6 nitrogen and oxygen atoms in total. The number of nitrogens with one attached hydrogen (secondary N) is 2. The Labute approximate surface area is 188 Å². The van der Waals surface area contributed by atoms with Crippen LogP contribution < -0.4 is 10.6 Å². The van der Waals surface area contributed by atoms with E-state index in [-0.39, 0.29) is 18.4 Å². The molecule has 32 heavy (non-hydrogen) atoms. The highest BCUT2D eigenvalue weighted by molar-refractivity contribution is 5.94. The molecule has 2 aromatic carbocycles. The first-order valence-electron chi connectivity index (χ1n) is 11.0. The van der Waals surface area contributed by atoms with Gasteiger partial charge in [0.15, 0.2) is 0 Å². The number of hydrogen-bond donors (Lipinski definition) is 2. The molecule has 166 valence electrons. The van der Waals surface area contributed by atoms with Gasteiger partial charge in [0, 0.05) is 23.8 Å². The predicted octanol–water partition coefficient (Wildman–Crippen LogP) is 4.43. The molecule has 0 unspecified atom stereocenters. The van der Waals surface area contributed by atoms with Crippen molar-refractivity contribution in [3.63, 3.8) is 0 Å². The van der Waals surface area contributed by atoms with Crippen LogP contribution >= 0.6 is 0 Å². The van der Waals surface area contributed by atoms with Crippen molar-refractivity contribution in [3.05, 3.63) is 88.9 Å². The highest BCUT2D eigenvalue weighted by Crippen LogP contribution is 2.20. The summed E-state index contributed by atoms with van der Waals surface area (Å²) in [6.45, 7) is 5.33. The quantitative estimate of drug-likeness (QED) is 0.526. The molecule has 2 amide bonds. The maximum absolute atomic E-state index is 12.8. The second kappa shape index (κ2) is 9.83. The molecule has 0 radical (unpaired) electrons. The predicted molar refractivity (Wildman–Crippen MR) is 124 cm³/mol. The minimum Gasteiger partial charge on any atom is -0.468 e. The number of anilines is 1.